The summed E-state index contributed by atoms with van der Waals surface area (Å²) in [6.45, 7) is 4.13. The minimum absolute atomic E-state index is 0.0226. The van der Waals surface area contributed by atoms with Crippen LogP contribution in [-0.2, 0) is 11.4 Å². The van der Waals surface area contributed by atoms with Crippen LogP contribution < -0.4 is 15.4 Å². The Bertz CT molecular complexity index is 1610. The first-order valence-electron chi connectivity index (χ1n) is 12.6. The summed E-state index contributed by atoms with van der Waals surface area (Å²) in [7, 11) is 0. The summed E-state index contributed by atoms with van der Waals surface area (Å²) in [5.41, 5.74) is 12.9. The number of hydrogen-bond acceptors (Lipinski definition) is 5. The number of allylic oxidation sites excluding steroid dienone is 3. The Morgan fingerprint density at radius 1 is 1.15 bits per heavy atom. The molecule has 0 saturated carbocycles. The number of aryl methyl sites for hydroxylation is 2. The van der Waals surface area contributed by atoms with Gasteiger partial charge in [-0.05, 0) is 95.2 Å². The largest absolute Gasteiger partial charge is 0.487 e. The van der Waals surface area contributed by atoms with Gasteiger partial charge in [0, 0.05) is 22.2 Å². The average molecular weight is 607 g/mol. The third-order valence-electron chi connectivity index (χ3n) is 7.32. The van der Waals surface area contributed by atoms with E-state index in [1.54, 1.807) is 0 Å². The van der Waals surface area contributed by atoms with E-state index in [2.05, 4.69) is 22.0 Å². The van der Waals surface area contributed by atoms with Crippen molar-refractivity contribution in [1.82, 2.24) is 0 Å². The summed E-state index contributed by atoms with van der Waals surface area (Å²) in [5.74, 6) is -0.321. The van der Waals surface area contributed by atoms with Gasteiger partial charge in [-0.1, -0.05) is 35.9 Å². The number of benzene rings is 3. The smallest absolute Gasteiger partial charge is 0.161 e. The van der Waals surface area contributed by atoms with Gasteiger partial charge in [0.2, 0.25) is 0 Å². The Labute approximate surface area is 240 Å². The normalized spacial score (nSPS) is 17.3. The number of carbonyl (C=O) groups excluding carboxylic acids is 1. The molecule has 39 heavy (non-hydrogen) atoms. The Kier molecular flexibility index (Phi) is 7.53. The standard InChI is InChI=1S/C31H26BrClFN3O2/c1-17-12-18(2)21(13-19(17)16-39-28-11-10-20(34)14-24(28)33)29-22(15-35)31(36)37(25-7-4-3-6-23(25)32)26-8-5-9-27(38)30(26)29/h3-4,6-7,10-14,29H,5,8-9,16,36H2,1-2H3. The van der Waals surface area contributed by atoms with Gasteiger partial charge in [0.05, 0.1) is 28.3 Å². The number of carbonyl (C=O) groups is 1. The van der Waals surface area contributed by atoms with E-state index < -0.39 is 11.7 Å². The van der Waals surface area contributed by atoms with E-state index in [9.17, 15) is 14.4 Å². The molecular weight excluding hydrogens is 581 g/mol. The zero-order valence-electron chi connectivity index (χ0n) is 21.5. The number of halogens is 3. The summed E-state index contributed by atoms with van der Waals surface area (Å²) < 4.78 is 20.2. The molecule has 0 fully saturated rings. The monoisotopic (exact) mass is 605 g/mol. The molecule has 1 heterocycles. The number of Topliss-reactive ketones (excluding diaryl/α,β-unsaturated/α-hetero) is 1. The topological polar surface area (TPSA) is 79.4 Å². The van der Waals surface area contributed by atoms with Gasteiger partial charge in [0.1, 0.15) is 24.0 Å². The van der Waals surface area contributed by atoms with E-state index in [0.29, 0.717) is 42.0 Å². The van der Waals surface area contributed by atoms with Crippen molar-refractivity contribution in [2.24, 2.45) is 5.73 Å². The van der Waals surface area contributed by atoms with Crippen LogP contribution in [0, 0.1) is 31.0 Å². The van der Waals surface area contributed by atoms with Gasteiger partial charge in [0.25, 0.3) is 0 Å². The second-order valence-corrected chi connectivity index (χ2v) is 11.0. The van der Waals surface area contributed by atoms with Crippen LogP contribution >= 0.6 is 27.5 Å². The van der Waals surface area contributed by atoms with Crippen molar-refractivity contribution in [2.75, 3.05) is 4.90 Å². The molecule has 0 spiro atoms. The van der Waals surface area contributed by atoms with Gasteiger partial charge < -0.3 is 10.5 Å². The lowest BCUT2D eigenvalue weighted by atomic mass is 9.74. The van der Waals surface area contributed by atoms with Crippen LogP contribution in [0.2, 0.25) is 5.02 Å². The number of para-hydroxylation sites is 1. The van der Waals surface area contributed by atoms with E-state index in [0.717, 1.165) is 38.1 Å². The fraction of sp³-hybridized carbons (Fsp3) is 0.226. The van der Waals surface area contributed by atoms with E-state index in [-0.39, 0.29) is 17.4 Å². The number of rotatable bonds is 5. The third-order valence-corrected chi connectivity index (χ3v) is 8.29. The predicted octanol–water partition coefficient (Wildman–Crippen LogP) is 7.74. The number of anilines is 1. The molecule has 3 aromatic rings. The van der Waals surface area contributed by atoms with Crippen LogP contribution in [0.5, 0.6) is 5.75 Å². The minimum atomic E-state index is -0.592. The van der Waals surface area contributed by atoms with E-state index in [1.165, 1.54) is 18.2 Å². The highest BCUT2D eigenvalue weighted by atomic mass is 79.9. The molecule has 0 saturated heterocycles. The molecule has 2 N–H and O–H groups in total. The highest BCUT2D eigenvalue weighted by molar-refractivity contribution is 9.10. The fourth-order valence-electron chi connectivity index (χ4n) is 5.44. The zero-order chi connectivity index (χ0) is 27.8. The van der Waals surface area contributed by atoms with Crippen LogP contribution in [0.4, 0.5) is 10.1 Å². The highest BCUT2D eigenvalue weighted by Crippen LogP contribution is 2.48. The van der Waals surface area contributed by atoms with Gasteiger partial charge in [0.15, 0.2) is 5.78 Å². The van der Waals surface area contributed by atoms with Crippen molar-refractivity contribution in [3.05, 3.63) is 115 Å². The lowest BCUT2D eigenvalue weighted by Crippen LogP contribution is -2.39. The number of nitriles is 1. The van der Waals surface area contributed by atoms with E-state index in [4.69, 9.17) is 22.1 Å². The summed E-state index contributed by atoms with van der Waals surface area (Å²) in [5, 5.41) is 10.6. The number of nitrogens with two attached hydrogens (primary N) is 1. The second-order valence-electron chi connectivity index (χ2n) is 9.77. The molecular formula is C31H26BrClFN3O2. The van der Waals surface area contributed by atoms with Gasteiger partial charge in [-0.15, -0.1) is 0 Å². The number of ketones is 1. The Hall–Kier alpha value is -3.60. The fourth-order valence-corrected chi connectivity index (χ4v) is 6.12. The molecule has 3 aromatic carbocycles. The first kappa shape index (κ1) is 27.0. The molecule has 1 unspecified atom stereocenters. The molecule has 0 radical (unpaired) electrons. The SMILES string of the molecule is Cc1cc(C)c(C2C(C#N)=C(N)N(c3ccccc3Br)C3=C2C(=O)CCC3)cc1COc1ccc(F)cc1Cl. The Balaban J connectivity index is 1.63. The van der Waals surface area contributed by atoms with Crippen LogP contribution in [0.15, 0.2) is 81.7 Å². The van der Waals surface area contributed by atoms with Crippen LogP contribution in [0.1, 0.15) is 47.4 Å². The van der Waals surface area contributed by atoms with E-state index in [1.807, 2.05) is 55.1 Å². The Morgan fingerprint density at radius 2 is 1.92 bits per heavy atom. The molecule has 0 bridgehead atoms. The van der Waals surface area contributed by atoms with Crippen molar-refractivity contribution in [1.29, 1.82) is 5.26 Å². The lowest BCUT2D eigenvalue weighted by Gasteiger charge is -2.40. The maximum absolute atomic E-state index is 13.5. The first-order chi connectivity index (χ1) is 18.7. The molecule has 0 amide bonds. The summed E-state index contributed by atoms with van der Waals surface area (Å²) >= 11 is 9.78. The minimum Gasteiger partial charge on any atom is -0.487 e. The van der Waals surface area contributed by atoms with Crippen molar-refractivity contribution >= 4 is 39.0 Å². The number of ether oxygens (including phenoxy) is 1. The molecule has 0 aromatic heterocycles. The molecule has 1 aliphatic carbocycles. The van der Waals surface area contributed by atoms with Crippen molar-refractivity contribution in [3.8, 4) is 11.8 Å². The maximum atomic E-state index is 13.5. The molecule has 1 atom stereocenters. The number of hydrogen-bond donors (Lipinski definition) is 1. The summed E-state index contributed by atoms with van der Waals surface area (Å²) in [6.07, 6.45) is 1.80. The molecule has 1 aliphatic heterocycles. The second kappa shape index (κ2) is 10.9. The quantitative estimate of drug-likeness (QED) is 0.321. The predicted molar refractivity (Wildman–Crippen MR) is 154 cm³/mol. The van der Waals surface area contributed by atoms with Crippen molar-refractivity contribution in [3.63, 3.8) is 0 Å². The van der Waals surface area contributed by atoms with Crippen LogP contribution in [0.3, 0.4) is 0 Å². The summed E-state index contributed by atoms with van der Waals surface area (Å²) in [6, 6.07) is 18.0. The van der Waals surface area contributed by atoms with Gasteiger partial charge in [-0.2, -0.15) is 5.26 Å². The molecule has 2 aliphatic rings. The van der Waals surface area contributed by atoms with Gasteiger partial charge in [-0.3, -0.25) is 9.69 Å². The molecule has 198 valence electrons. The van der Waals surface area contributed by atoms with E-state index >= 15 is 0 Å². The van der Waals surface area contributed by atoms with Crippen molar-refractivity contribution < 1.29 is 13.9 Å². The molecule has 5 rings (SSSR count). The van der Waals surface area contributed by atoms with Gasteiger partial charge >= 0.3 is 0 Å². The molecule has 5 nitrogen and oxygen atoms in total. The number of nitrogens with zero attached hydrogens (tertiary/aromatic N) is 2. The van der Waals surface area contributed by atoms with Crippen LogP contribution in [-0.4, -0.2) is 5.78 Å². The third kappa shape index (κ3) is 4.95. The molecule has 8 heteroatoms. The van der Waals surface area contributed by atoms with Crippen molar-refractivity contribution in [2.45, 2.75) is 45.6 Å². The lowest BCUT2D eigenvalue weighted by molar-refractivity contribution is -0.116. The highest BCUT2D eigenvalue weighted by Gasteiger charge is 2.41. The first-order valence-corrected chi connectivity index (χ1v) is 13.8. The zero-order valence-corrected chi connectivity index (χ0v) is 23.9. The summed E-state index contributed by atoms with van der Waals surface area (Å²) in [4.78, 5) is 15.4. The average Bonchev–Trinajstić information content (AvgIpc) is 2.89. The Morgan fingerprint density at radius 3 is 2.64 bits per heavy atom. The van der Waals surface area contributed by atoms with Crippen LogP contribution in [0.25, 0.3) is 0 Å². The maximum Gasteiger partial charge on any atom is 0.161 e. The van der Waals surface area contributed by atoms with Gasteiger partial charge in [-0.25, -0.2) is 4.39 Å².